The van der Waals surface area contributed by atoms with Crippen molar-refractivity contribution in [3.8, 4) is 11.8 Å². The summed E-state index contributed by atoms with van der Waals surface area (Å²) in [5.41, 5.74) is 1.63. The number of ether oxygens (including phenoxy) is 2. The first-order valence-electron chi connectivity index (χ1n) is 8.88. The third kappa shape index (κ3) is 3.93. The molecule has 0 saturated heterocycles. The summed E-state index contributed by atoms with van der Waals surface area (Å²) in [7, 11) is 3.10. The van der Waals surface area contributed by atoms with E-state index in [1.807, 2.05) is 23.8 Å². The molecule has 11 heteroatoms. The highest BCUT2D eigenvalue weighted by molar-refractivity contribution is 5.86. The number of aryl methyl sites for hydroxylation is 2. The first-order chi connectivity index (χ1) is 14.1. The first-order valence-corrected chi connectivity index (χ1v) is 8.88. The Balaban J connectivity index is 1.68. The van der Waals surface area contributed by atoms with Crippen LogP contribution in [-0.2, 0) is 13.1 Å². The van der Waals surface area contributed by atoms with Crippen LogP contribution in [0.2, 0.25) is 0 Å². The second kappa shape index (κ2) is 7.70. The predicted molar refractivity (Wildman–Crippen MR) is 103 cm³/mol. The van der Waals surface area contributed by atoms with Crippen LogP contribution in [0.1, 0.15) is 23.4 Å². The van der Waals surface area contributed by atoms with E-state index in [9.17, 15) is 0 Å². The maximum Gasteiger partial charge on any atom is 0.223 e. The van der Waals surface area contributed by atoms with E-state index < -0.39 is 0 Å². The lowest BCUT2D eigenvalue weighted by Gasteiger charge is -2.11. The highest BCUT2D eigenvalue weighted by atomic mass is 16.5. The molecule has 0 spiro atoms. The summed E-state index contributed by atoms with van der Waals surface area (Å²) in [6, 6.07) is 3.55. The largest absolute Gasteiger partial charge is 0.481 e. The lowest BCUT2D eigenvalue weighted by atomic mass is 10.4. The number of nitrogens with zero attached hydrogens (tertiary/aromatic N) is 7. The minimum absolute atomic E-state index is 0.373. The van der Waals surface area contributed by atoms with E-state index in [0.717, 1.165) is 11.0 Å². The minimum Gasteiger partial charge on any atom is -0.481 e. The molecule has 0 atom stereocenters. The molecule has 4 aromatic heterocycles. The summed E-state index contributed by atoms with van der Waals surface area (Å²) in [6.07, 6.45) is 1.91. The molecule has 0 amide bonds. The smallest absolute Gasteiger partial charge is 0.223 e. The Morgan fingerprint density at radius 3 is 2.41 bits per heavy atom. The van der Waals surface area contributed by atoms with E-state index in [2.05, 4.69) is 35.4 Å². The van der Waals surface area contributed by atoms with E-state index in [1.165, 1.54) is 0 Å². The van der Waals surface area contributed by atoms with Crippen LogP contribution in [0, 0.1) is 13.8 Å². The third-order valence-corrected chi connectivity index (χ3v) is 4.16. The second-order valence-corrected chi connectivity index (χ2v) is 6.25. The maximum absolute atomic E-state index is 5.23. The SMILES string of the molecule is COc1cc(OC)nc(Cn2ccc3nc(C)nc(NCc4noc(C)n4)c32)n1. The number of hydrogen-bond donors (Lipinski definition) is 1. The normalized spacial score (nSPS) is 11.0. The zero-order chi connectivity index (χ0) is 20.4. The highest BCUT2D eigenvalue weighted by Gasteiger charge is 2.14. The molecule has 0 unspecified atom stereocenters. The van der Waals surface area contributed by atoms with Crippen molar-refractivity contribution < 1.29 is 14.0 Å². The van der Waals surface area contributed by atoms with Crippen molar-refractivity contribution >= 4 is 16.9 Å². The van der Waals surface area contributed by atoms with Gasteiger partial charge in [0, 0.05) is 13.1 Å². The fraction of sp³-hybridized carbons (Fsp3) is 0.333. The topological polar surface area (TPSA) is 126 Å². The van der Waals surface area contributed by atoms with Gasteiger partial charge in [0.15, 0.2) is 17.5 Å². The summed E-state index contributed by atoms with van der Waals surface area (Å²) in [4.78, 5) is 22.1. The van der Waals surface area contributed by atoms with Gasteiger partial charge in [-0.1, -0.05) is 5.16 Å². The van der Waals surface area contributed by atoms with Crippen molar-refractivity contribution in [1.82, 2.24) is 34.6 Å². The Labute approximate surface area is 166 Å². The molecular formula is C18H20N8O3. The molecule has 4 aromatic rings. The lowest BCUT2D eigenvalue weighted by Crippen LogP contribution is -2.10. The monoisotopic (exact) mass is 396 g/mol. The zero-order valence-corrected chi connectivity index (χ0v) is 16.5. The van der Waals surface area contributed by atoms with Crippen molar-refractivity contribution in [2.75, 3.05) is 19.5 Å². The van der Waals surface area contributed by atoms with Gasteiger partial charge in [-0.15, -0.1) is 0 Å². The van der Waals surface area contributed by atoms with Crippen LogP contribution >= 0.6 is 0 Å². The standard InChI is InChI=1S/C18H20N8O3/c1-10-20-12-5-6-26(9-14-23-15(27-3)7-16(24-14)28-4)17(12)18(21-10)19-8-13-22-11(2)29-25-13/h5-7H,8-9H2,1-4H3,(H,19,20,21). The molecule has 4 heterocycles. The molecule has 150 valence electrons. The van der Waals surface area contributed by atoms with Gasteiger partial charge in [0.1, 0.15) is 11.3 Å². The van der Waals surface area contributed by atoms with Crippen molar-refractivity contribution in [2.45, 2.75) is 26.9 Å². The van der Waals surface area contributed by atoms with Gasteiger partial charge in [0.05, 0.1) is 38.9 Å². The Hall–Kier alpha value is -3.76. The van der Waals surface area contributed by atoms with Crippen LogP contribution in [0.15, 0.2) is 22.9 Å². The maximum atomic E-state index is 5.23. The molecule has 0 saturated carbocycles. The molecule has 1 N–H and O–H groups in total. The van der Waals surface area contributed by atoms with Crippen LogP contribution in [0.25, 0.3) is 11.0 Å². The van der Waals surface area contributed by atoms with Crippen molar-refractivity contribution in [3.05, 3.63) is 41.7 Å². The third-order valence-electron chi connectivity index (χ3n) is 4.16. The van der Waals surface area contributed by atoms with Gasteiger partial charge in [-0.2, -0.15) is 15.0 Å². The predicted octanol–water partition coefficient (Wildman–Crippen LogP) is 1.90. The Morgan fingerprint density at radius 2 is 1.76 bits per heavy atom. The first kappa shape index (κ1) is 18.6. The summed E-state index contributed by atoms with van der Waals surface area (Å²) in [5, 5.41) is 7.17. The van der Waals surface area contributed by atoms with Crippen LogP contribution in [0.5, 0.6) is 11.8 Å². The molecule has 0 fully saturated rings. The van der Waals surface area contributed by atoms with Crippen LogP contribution < -0.4 is 14.8 Å². The number of aromatic nitrogens is 7. The fourth-order valence-corrected chi connectivity index (χ4v) is 2.94. The van der Waals surface area contributed by atoms with Gasteiger partial charge in [0.2, 0.25) is 17.7 Å². The molecule has 11 nitrogen and oxygen atoms in total. The number of anilines is 1. The Morgan fingerprint density at radius 1 is 1.00 bits per heavy atom. The molecule has 29 heavy (non-hydrogen) atoms. The second-order valence-electron chi connectivity index (χ2n) is 6.25. The van der Waals surface area contributed by atoms with Gasteiger partial charge in [-0.25, -0.2) is 9.97 Å². The van der Waals surface area contributed by atoms with Gasteiger partial charge >= 0.3 is 0 Å². The van der Waals surface area contributed by atoms with Crippen LogP contribution in [-0.4, -0.2) is 48.9 Å². The van der Waals surface area contributed by atoms with Crippen molar-refractivity contribution in [2.24, 2.45) is 0 Å². The highest BCUT2D eigenvalue weighted by Crippen LogP contribution is 2.24. The molecular weight excluding hydrogens is 376 g/mol. The number of methoxy groups -OCH3 is 2. The van der Waals surface area contributed by atoms with Gasteiger partial charge < -0.3 is 23.9 Å². The summed E-state index contributed by atoms with van der Waals surface area (Å²) < 4.78 is 17.4. The molecule has 0 radical (unpaired) electrons. The van der Waals surface area contributed by atoms with Gasteiger partial charge in [0.25, 0.3) is 0 Å². The fourth-order valence-electron chi connectivity index (χ4n) is 2.94. The summed E-state index contributed by atoms with van der Waals surface area (Å²) in [5.74, 6) is 3.78. The van der Waals surface area contributed by atoms with E-state index in [0.29, 0.717) is 54.0 Å². The number of fused-ring (bicyclic) bond motifs is 1. The molecule has 4 rings (SSSR count). The summed E-state index contributed by atoms with van der Waals surface area (Å²) in [6.45, 7) is 4.35. The van der Waals surface area contributed by atoms with Crippen molar-refractivity contribution in [3.63, 3.8) is 0 Å². The molecule has 0 aliphatic heterocycles. The number of nitrogens with one attached hydrogen (secondary N) is 1. The van der Waals surface area contributed by atoms with E-state index in [-0.39, 0.29) is 0 Å². The molecule has 0 aromatic carbocycles. The van der Waals surface area contributed by atoms with Crippen LogP contribution in [0.3, 0.4) is 0 Å². The van der Waals surface area contributed by atoms with Gasteiger partial charge in [-0.05, 0) is 13.0 Å². The Bertz CT molecular complexity index is 1130. The summed E-state index contributed by atoms with van der Waals surface area (Å²) >= 11 is 0. The van der Waals surface area contributed by atoms with Gasteiger partial charge in [-0.3, -0.25) is 0 Å². The lowest BCUT2D eigenvalue weighted by molar-refractivity contribution is 0.367. The zero-order valence-electron chi connectivity index (χ0n) is 16.5. The molecule has 0 bridgehead atoms. The van der Waals surface area contributed by atoms with E-state index in [1.54, 1.807) is 27.2 Å². The number of rotatable bonds is 7. The average Bonchev–Trinajstić information content (AvgIpc) is 3.31. The van der Waals surface area contributed by atoms with Crippen molar-refractivity contribution in [1.29, 1.82) is 0 Å². The van der Waals surface area contributed by atoms with Crippen LogP contribution in [0.4, 0.5) is 5.82 Å². The molecule has 0 aliphatic rings. The number of hydrogen-bond acceptors (Lipinski definition) is 10. The molecule has 0 aliphatic carbocycles. The average molecular weight is 396 g/mol. The van der Waals surface area contributed by atoms with E-state index in [4.69, 9.17) is 14.0 Å². The minimum atomic E-state index is 0.373. The quantitative estimate of drug-likeness (QED) is 0.495. The Kier molecular flexibility index (Phi) is 4.94. The van der Waals surface area contributed by atoms with E-state index >= 15 is 0 Å².